The maximum Gasteiger partial charge on any atom is 0.240 e. The van der Waals surface area contributed by atoms with E-state index in [1.165, 1.54) is 12.1 Å². The Morgan fingerprint density at radius 3 is 2.64 bits per heavy atom. The van der Waals surface area contributed by atoms with Crippen molar-refractivity contribution in [1.29, 1.82) is 0 Å². The highest BCUT2D eigenvalue weighted by Crippen LogP contribution is 2.16. The lowest BCUT2D eigenvalue weighted by atomic mass is 10.2. The predicted octanol–water partition coefficient (Wildman–Crippen LogP) is 2.48. The number of nitrogens with one attached hydrogen (secondary N) is 1. The van der Waals surface area contributed by atoms with Crippen LogP contribution in [0.4, 0.5) is 24.5 Å². The molecule has 0 aliphatic rings. The van der Waals surface area contributed by atoms with E-state index in [2.05, 4.69) is 5.32 Å². The van der Waals surface area contributed by atoms with Crippen LogP contribution in [-0.4, -0.2) is 13.0 Å². The molecule has 0 spiro atoms. The van der Waals surface area contributed by atoms with E-state index in [1.807, 2.05) is 0 Å². The Hall–Kier alpha value is -1.39. The van der Waals surface area contributed by atoms with Gasteiger partial charge >= 0.3 is 0 Å². The van der Waals surface area contributed by atoms with E-state index in [0.717, 1.165) is 6.07 Å². The molecular weight excluding hydrogens is 193 g/mol. The molecule has 1 aromatic rings. The average molecular weight is 204 g/mol. The average Bonchev–Trinajstić information content (AvgIpc) is 2.08. The third kappa shape index (κ3) is 3.16. The van der Waals surface area contributed by atoms with E-state index in [0.29, 0.717) is 5.69 Å². The molecule has 0 aliphatic heterocycles. The van der Waals surface area contributed by atoms with Gasteiger partial charge in [0.1, 0.15) is 5.82 Å². The van der Waals surface area contributed by atoms with Gasteiger partial charge in [-0.1, -0.05) is 0 Å². The summed E-state index contributed by atoms with van der Waals surface area (Å²) in [5.74, 6) is -0.528. The van der Waals surface area contributed by atoms with Gasteiger partial charge in [-0.15, -0.1) is 0 Å². The Morgan fingerprint density at radius 2 is 2.07 bits per heavy atom. The van der Waals surface area contributed by atoms with Crippen LogP contribution in [0.1, 0.15) is 6.42 Å². The fraction of sp³-hybridized carbons (Fsp3) is 0.333. The highest BCUT2D eigenvalue weighted by Gasteiger charge is 2.04. The van der Waals surface area contributed by atoms with Gasteiger partial charge in [0.2, 0.25) is 6.43 Å². The SMILES string of the molecule is Nc1ccc(NCCC(F)F)c(F)c1. The number of hydrogen-bond donors (Lipinski definition) is 2. The number of nitrogens with two attached hydrogens (primary N) is 1. The number of halogens is 3. The zero-order valence-corrected chi connectivity index (χ0v) is 7.43. The van der Waals surface area contributed by atoms with Crippen LogP contribution in [0.25, 0.3) is 0 Å². The van der Waals surface area contributed by atoms with Crippen LogP contribution in [0.15, 0.2) is 18.2 Å². The van der Waals surface area contributed by atoms with E-state index in [1.54, 1.807) is 0 Å². The summed E-state index contributed by atoms with van der Waals surface area (Å²) < 4.78 is 36.5. The lowest BCUT2D eigenvalue weighted by Crippen LogP contribution is -2.07. The molecule has 0 atom stereocenters. The molecule has 78 valence electrons. The molecule has 0 aliphatic carbocycles. The van der Waals surface area contributed by atoms with Crippen molar-refractivity contribution < 1.29 is 13.2 Å². The van der Waals surface area contributed by atoms with Crippen LogP contribution < -0.4 is 11.1 Å². The molecule has 3 N–H and O–H groups in total. The Labute approximate surface area is 79.9 Å². The molecule has 5 heteroatoms. The normalized spacial score (nSPS) is 10.6. The van der Waals surface area contributed by atoms with Crippen LogP contribution >= 0.6 is 0 Å². The Balaban J connectivity index is 2.51. The van der Waals surface area contributed by atoms with E-state index < -0.39 is 12.2 Å². The molecule has 0 heterocycles. The molecule has 0 aromatic heterocycles. The Kier molecular flexibility index (Phi) is 3.62. The van der Waals surface area contributed by atoms with Crippen LogP contribution in [-0.2, 0) is 0 Å². The minimum absolute atomic E-state index is 0.0402. The summed E-state index contributed by atoms with van der Waals surface area (Å²) in [6, 6.07) is 4.08. The van der Waals surface area contributed by atoms with E-state index in [9.17, 15) is 13.2 Å². The van der Waals surface area contributed by atoms with Gasteiger partial charge in [-0.05, 0) is 18.2 Å². The van der Waals surface area contributed by atoms with Gasteiger partial charge < -0.3 is 11.1 Å². The second kappa shape index (κ2) is 4.74. The first kappa shape index (κ1) is 10.7. The van der Waals surface area contributed by atoms with Crippen molar-refractivity contribution in [3.05, 3.63) is 24.0 Å². The fourth-order valence-electron chi connectivity index (χ4n) is 0.991. The van der Waals surface area contributed by atoms with Crippen molar-refractivity contribution in [2.24, 2.45) is 0 Å². The maximum atomic E-state index is 13.0. The smallest absolute Gasteiger partial charge is 0.240 e. The van der Waals surface area contributed by atoms with Crippen molar-refractivity contribution in [2.75, 3.05) is 17.6 Å². The molecule has 0 radical (unpaired) electrons. The summed E-state index contributed by atoms with van der Waals surface area (Å²) in [7, 11) is 0. The first-order chi connectivity index (χ1) is 6.59. The third-order valence-corrected chi connectivity index (χ3v) is 1.67. The largest absolute Gasteiger partial charge is 0.399 e. The number of alkyl halides is 2. The molecule has 2 nitrogen and oxygen atoms in total. The zero-order valence-electron chi connectivity index (χ0n) is 7.43. The number of hydrogen-bond acceptors (Lipinski definition) is 2. The topological polar surface area (TPSA) is 38.0 Å². The third-order valence-electron chi connectivity index (χ3n) is 1.67. The zero-order chi connectivity index (χ0) is 10.6. The van der Waals surface area contributed by atoms with Crippen LogP contribution in [0.2, 0.25) is 0 Å². The quantitative estimate of drug-likeness (QED) is 0.739. The predicted molar refractivity (Wildman–Crippen MR) is 49.9 cm³/mol. The van der Waals surface area contributed by atoms with Gasteiger partial charge in [-0.25, -0.2) is 13.2 Å². The summed E-state index contributed by atoms with van der Waals surface area (Å²) in [6.45, 7) is 0.0402. The highest BCUT2D eigenvalue weighted by atomic mass is 19.3. The first-order valence-corrected chi connectivity index (χ1v) is 4.16. The summed E-state index contributed by atoms with van der Waals surface area (Å²) in [4.78, 5) is 0. The van der Waals surface area contributed by atoms with E-state index in [4.69, 9.17) is 5.73 Å². The first-order valence-electron chi connectivity index (χ1n) is 4.16. The van der Waals surface area contributed by atoms with Gasteiger partial charge in [0.05, 0.1) is 5.69 Å². The molecule has 0 fully saturated rings. The lowest BCUT2D eigenvalue weighted by Gasteiger charge is -2.07. The Bertz CT molecular complexity index is 302. The lowest BCUT2D eigenvalue weighted by molar-refractivity contribution is 0.142. The van der Waals surface area contributed by atoms with Crippen LogP contribution in [0.3, 0.4) is 0 Å². The second-order valence-electron chi connectivity index (χ2n) is 2.85. The molecule has 14 heavy (non-hydrogen) atoms. The molecule has 0 saturated heterocycles. The summed E-state index contributed by atoms with van der Waals surface area (Å²) in [5.41, 5.74) is 5.82. The van der Waals surface area contributed by atoms with Gasteiger partial charge in [0.25, 0.3) is 0 Å². The van der Waals surface area contributed by atoms with Gasteiger partial charge in [-0.2, -0.15) is 0 Å². The van der Waals surface area contributed by atoms with Gasteiger partial charge in [0.15, 0.2) is 0 Å². The summed E-state index contributed by atoms with van der Waals surface area (Å²) in [6.07, 6.45) is -2.68. The summed E-state index contributed by atoms with van der Waals surface area (Å²) in [5, 5.41) is 2.56. The minimum atomic E-state index is -2.38. The van der Waals surface area contributed by atoms with Crippen molar-refractivity contribution in [3.63, 3.8) is 0 Å². The molecule has 1 aromatic carbocycles. The van der Waals surface area contributed by atoms with Crippen molar-refractivity contribution >= 4 is 11.4 Å². The highest BCUT2D eigenvalue weighted by molar-refractivity contribution is 5.52. The van der Waals surface area contributed by atoms with E-state index in [-0.39, 0.29) is 18.7 Å². The monoisotopic (exact) mass is 204 g/mol. The van der Waals surface area contributed by atoms with Crippen LogP contribution in [0, 0.1) is 5.82 Å². The molecule has 0 amide bonds. The molecule has 1 rings (SSSR count). The van der Waals surface area contributed by atoms with Crippen molar-refractivity contribution in [1.82, 2.24) is 0 Å². The number of rotatable bonds is 4. The van der Waals surface area contributed by atoms with Crippen molar-refractivity contribution in [3.8, 4) is 0 Å². The molecule has 0 unspecified atom stereocenters. The van der Waals surface area contributed by atoms with Gasteiger partial charge in [-0.3, -0.25) is 0 Å². The summed E-state index contributed by atoms with van der Waals surface area (Å²) >= 11 is 0. The standard InChI is InChI=1S/C9H11F3N2/c10-7-5-6(13)1-2-8(7)14-4-3-9(11)12/h1-2,5,9,14H,3-4,13H2. The molecular formula is C9H11F3N2. The number of nitrogen functional groups attached to an aromatic ring is 1. The second-order valence-corrected chi connectivity index (χ2v) is 2.85. The fourth-order valence-corrected chi connectivity index (χ4v) is 0.991. The number of anilines is 2. The number of benzene rings is 1. The van der Waals surface area contributed by atoms with Crippen molar-refractivity contribution in [2.45, 2.75) is 12.8 Å². The minimum Gasteiger partial charge on any atom is -0.399 e. The maximum absolute atomic E-state index is 13.0. The molecule has 0 saturated carbocycles. The van der Waals surface area contributed by atoms with Crippen LogP contribution in [0.5, 0.6) is 0 Å². The van der Waals surface area contributed by atoms with E-state index >= 15 is 0 Å². The van der Waals surface area contributed by atoms with Gasteiger partial charge in [0, 0.05) is 18.7 Å². The molecule has 0 bridgehead atoms. The Morgan fingerprint density at radius 1 is 1.36 bits per heavy atom.